The van der Waals surface area contributed by atoms with Crippen molar-refractivity contribution in [3.63, 3.8) is 0 Å². The van der Waals surface area contributed by atoms with Gasteiger partial charge in [-0.1, -0.05) is 18.2 Å². The third kappa shape index (κ3) is 2.76. The Labute approximate surface area is 130 Å². The number of hydrogen-bond donors (Lipinski definition) is 2. The SMILES string of the molecule is Cc1nn(-c2ccccc2)c(C)c1C(=O)NC(CN)C1CC1. The quantitative estimate of drug-likeness (QED) is 0.886. The first-order valence-electron chi connectivity index (χ1n) is 7.74. The highest BCUT2D eigenvalue weighted by molar-refractivity contribution is 5.96. The molecule has 0 bridgehead atoms. The van der Waals surface area contributed by atoms with Crippen LogP contribution in [0.15, 0.2) is 30.3 Å². The summed E-state index contributed by atoms with van der Waals surface area (Å²) in [5.41, 5.74) is 8.99. The maximum Gasteiger partial charge on any atom is 0.255 e. The lowest BCUT2D eigenvalue weighted by atomic mass is 10.1. The average molecular weight is 298 g/mol. The second kappa shape index (κ2) is 5.93. The molecule has 0 saturated heterocycles. The van der Waals surface area contributed by atoms with Crippen molar-refractivity contribution >= 4 is 5.91 Å². The number of carbonyl (C=O) groups is 1. The van der Waals surface area contributed by atoms with Gasteiger partial charge in [0.25, 0.3) is 5.91 Å². The van der Waals surface area contributed by atoms with Crippen LogP contribution in [0.5, 0.6) is 0 Å². The molecule has 5 nitrogen and oxygen atoms in total. The number of rotatable bonds is 5. The van der Waals surface area contributed by atoms with E-state index in [1.807, 2.05) is 48.9 Å². The Morgan fingerprint density at radius 2 is 2.05 bits per heavy atom. The van der Waals surface area contributed by atoms with E-state index in [2.05, 4.69) is 10.4 Å². The van der Waals surface area contributed by atoms with Gasteiger partial charge in [-0.15, -0.1) is 0 Å². The first kappa shape index (κ1) is 14.8. The molecule has 1 heterocycles. The Kier molecular flexibility index (Phi) is 3.98. The predicted octanol–water partition coefficient (Wildman–Crippen LogP) is 1.96. The van der Waals surface area contributed by atoms with Crippen LogP contribution in [0.1, 0.15) is 34.6 Å². The molecule has 1 saturated carbocycles. The number of nitrogens with zero attached hydrogens (tertiary/aromatic N) is 2. The number of carbonyl (C=O) groups excluding carboxylic acids is 1. The van der Waals surface area contributed by atoms with Crippen molar-refractivity contribution < 1.29 is 4.79 Å². The third-order valence-electron chi connectivity index (χ3n) is 4.28. The predicted molar refractivity (Wildman–Crippen MR) is 86.1 cm³/mol. The molecule has 3 rings (SSSR count). The largest absolute Gasteiger partial charge is 0.348 e. The van der Waals surface area contributed by atoms with E-state index in [0.29, 0.717) is 18.0 Å². The molecular formula is C17H22N4O. The number of aryl methyl sites for hydroxylation is 1. The Morgan fingerprint density at radius 3 is 2.64 bits per heavy atom. The first-order chi connectivity index (χ1) is 10.6. The monoisotopic (exact) mass is 298 g/mol. The topological polar surface area (TPSA) is 72.9 Å². The second-order valence-corrected chi connectivity index (χ2v) is 5.95. The maximum atomic E-state index is 12.6. The molecule has 0 radical (unpaired) electrons. The van der Waals surface area contributed by atoms with E-state index in [-0.39, 0.29) is 11.9 Å². The Hall–Kier alpha value is -2.14. The Balaban J connectivity index is 1.87. The summed E-state index contributed by atoms with van der Waals surface area (Å²) < 4.78 is 1.82. The van der Waals surface area contributed by atoms with Crippen molar-refractivity contribution in [2.75, 3.05) is 6.54 Å². The van der Waals surface area contributed by atoms with Gasteiger partial charge in [0, 0.05) is 12.6 Å². The summed E-state index contributed by atoms with van der Waals surface area (Å²) in [6.45, 7) is 4.29. The lowest BCUT2D eigenvalue weighted by Crippen LogP contribution is -2.42. The fraction of sp³-hybridized carbons (Fsp3) is 0.412. The van der Waals surface area contributed by atoms with E-state index >= 15 is 0 Å². The number of nitrogens with two attached hydrogens (primary N) is 1. The Morgan fingerprint density at radius 1 is 1.36 bits per heavy atom. The molecule has 1 fully saturated rings. The summed E-state index contributed by atoms with van der Waals surface area (Å²) in [7, 11) is 0. The van der Waals surface area contributed by atoms with Gasteiger partial charge in [-0.05, 0) is 44.7 Å². The molecule has 1 aromatic carbocycles. The molecule has 0 aliphatic heterocycles. The van der Waals surface area contributed by atoms with Crippen LogP contribution in [-0.4, -0.2) is 28.3 Å². The fourth-order valence-corrected chi connectivity index (χ4v) is 2.90. The third-order valence-corrected chi connectivity index (χ3v) is 4.28. The van der Waals surface area contributed by atoms with Crippen LogP contribution in [0.25, 0.3) is 5.69 Å². The van der Waals surface area contributed by atoms with Crippen LogP contribution in [0.4, 0.5) is 0 Å². The van der Waals surface area contributed by atoms with Crippen LogP contribution in [0, 0.1) is 19.8 Å². The molecule has 1 unspecified atom stereocenters. The molecule has 1 aromatic heterocycles. The van der Waals surface area contributed by atoms with Crippen molar-refractivity contribution in [1.82, 2.24) is 15.1 Å². The van der Waals surface area contributed by atoms with Crippen molar-refractivity contribution in [2.45, 2.75) is 32.7 Å². The molecule has 22 heavy (non-hydrogen) atoms. The summed E-state index contributed by atoms with van der Waals surface area (Å²) in [4.78, 5) is 12.6. The van der Waals surface area contributed by atoms with Gasteiger partial charge in [0.05, 0.1) is 22.6 Å². The molecule has 1 aliphatic rings. The van der Waals surface area contributed by atoms with Crippen LogP contribution < -0.4 is 11.1 Å². The standard InChI is InChI=1S/C17H22N4O/c1-11-16(17(22)19-15(10-18)13-8-9-13)12(2)21(20-11)14-6-4-3-5-7-14/h3-7,13,15H,8-10,18H2,1-2H3,(H,19,22). The molecular weight excluding hydrogens is 276 g/mol. The van der Waals surface area contributed by atoms with E-state index in [1.165, 1.54) is 0 Å². The summed E-state index contributed by atoms with van der Waals surface area (Å²) in [5, 5.41) is 7.59. The highest BCUT2D eigenvalue weighted by atomic mass is 16.1. The Bertz CT molecular complexity index is 673. The molecule has 5 heteroatoms. The van der Waals surface area contributed by atoms with E-state index in [1.54, 1.807) is 0 Å². The molecule has 1 amide bonds. The van der Waals surface area contributed by atoms with E-state index in [0.717, 1.165) is 29.9 Å². The average Bonchev–Trinajstić information content (AvgIpc) is 3.31. The van der Waals surface area contributed by atoms with Crippen molar-refractivity contribution in [3.05, 3.63) is 47.3 Å². The number of hydrogen-bond acceptors (Lipinski definition) is 3. The van der Waals surface area contributed by atoms with Gasteiger partial charge in [0.2, 0.25) is 0 Å². The van der Waals surface area contributed by atoms with Crippen LogP contribution in [0.3, 0.4) is 0 Å². The lowest BCUT2D eigenvalue weighted by Gasteiger charge is -2.16. The molecule has 3 N–H and O–H groups in total. The van der Waals surface area contributed by atoms with Crippen molar-refractivity contribution in [3.8, 4) is 5.69 Å². The van der Waals surface area contributed by atoms with Gasteiger partial charge in [-0.2, -0.15) is 5.10 Å². The van der Waals surface area contributed by atoms with Crippen LogP contribution in [-0.2, 0) is 0 Å². The van der Waals surface area contributed by atoms with Gasteiger partial charge in [0.15, 0.2) is 0 Å². The van der Waals surface area contributed by atoms with Gasteiger partial charge in [-0.25, -0.2) is 4.68 Å². The number of nitrogens with one attached hydrogen (secondary N) is 1. The summed E-state index contributed by atoms with van der Waals surface area (Å²) >= 11 is 0. The summed E-state index contributed by atoms with van der Waals surface area (Å²) in [6, 6.07) is 9.92. The van der Waals surface area contributed by atoms with E-state index < -0.39 is 0 Å². The minimum atomic E-state index is -0.0699. The molecule has 116 valence electrons. The number of aromatic nitrogens is 2. The van der Waals surface area contributed by atoms with Crippen LogP contribution in [0.2, 0.25) is 0 Å². The lowest BCUT2D eigenvalue weighted by molar-refractivity contribution is 0.0932. The maximum absolute atomic E-state index is 12.6. The molecule has 1 aliphatic carbocycles. The van der Waals surface area contributed by atoms with Crippen molar-refractivity contribution in [1.29, 1.82) is 0 Å². The van der Waals surface area contributed by atoms with Crippen molar-refractivity contribution in [2.24, 2.45) is 11.7 Å². The summed E-state index contributed by atoms with van der Waals surface area (Å²) in [6.07, 6.45) is 2.31. The van der Waals surface area contributed by atoms with Gasteiger partial charge < -0.3 is 11.1 Å². The number of para-hydroxylation sites is 1. The van der Waals surface area contributed by atoms with Gasteiger partial charge >= 0.3 is 0 Å². The zero-order valence-electron chi connectivity index (χ0n) is 13.0. The zero-order chi connectivity index (χ0) is 15.7. The second-order valence-electron chi connectivity index (χ2n) is 5.95. The zero-order valence-corrected chi connectivity index (χ0v) is 13.0. The minimum absolute atomic E-state index is 0.0699. The first-order valence-corrected chi connectivity index (χ1v) is 7.74. The smallest absolute Gasteiger partial charge is 0.255 e. The van der Waals surface area contributed by atoms with E-state index in [4.69, 9.17) is 5.73 Å². The van der Waals surface area contributed by atoms with Gasteiger partial charge in [0.1, 0.15) is 0 Å². The normalized spacial score (nSPS) is 15.6. The fourth-order valence-electron chi connectivity index (χ4n) is 2.90. The molecule has 2 aromatic rings. The highest BCUT2D eigenvalue weighted by Gasteiger charge is 2.32. The molecule has 0 spiro atoms. The molecule has 1 atom stereocenters. The number of benzene rings is 1. The van der Waals surface area contributed by atoms with Crippen LogP contribution >= 0.6 is 0 Å². The number of amides is 1. The van der Waals surface area contributed by atoms with Gasteiger partial charge in [-0.3, -0.25) is 4.79 Å². The van der Waals surface area contributed by atoms with E-state index in [9.17, 15) is 4.79 Å². The highest BCUT2D eigenvalue weighted by Crippen LogP contribution is 2.32. The summed E-state index contributed by atoms with van der Waals surface area (Å²) in [5.74, 6) is 0.471. The minimum Gasteiger partial charge on any atom is -0.348 e.